The van der Waals surface area contributed by atoms with Crippen molar-refractivity contribution >= 4 is 23.2 Å². The predicted octanol–water partition coefficient (Wildman–Crippen LogP) is 5.44. The molecule has 4 rings (SSSR count). The first kappa shape index (κ1) is 27.2. The maximum absolute atomic E-state index is 14.8. The van der Waals surface area contributed by atoms with Gasteiger partial charge in [0.2, 0.25) is 11.8 Å². The smallest absolute Gasteiger partial charge is 0.248 e. The summed E-state index contributed by atoms with van der Waals surface area (Å²) in [5, 5.41) is 6.89. The third kappa shape index (κ3) is 7.57. The molecule has 1 N–H and O–H groups in total. The lowest BCUT2D eigenvalue weighted by Crippen LogP contribution is -2.30. The van der Waals surface area contributed by atoms with E-state index in [-0.39, 0.29) is 43.2 Å². The van der Waals surface area contributed by atoms with Gasteiger partial charge in [-0.3, -0.25) is 14.3 Å². The number of halogens is 1. The van der Waals surface area contributed by atoms with Crippen LogP contribution in [0.3, 0.4) is 0 Å². The number of carbonyl (C=O) groups excluding carboxylic acids is 2. The molecule has 0 unspecified atom stereocenters. The topological polar surface area (TPSA) is 85.7 Å². The van der Waals surface area contributed by atoms with E-state index in [0.717, 1.165) is 25.7 Å². The minimum atomic E-state index is -0.493. The Hall–Kier alpha value is -3.88. The average Bonchev–Trinajstić information content (AvgIpc) is 3.32. The molecule has 8 nitrogen and oxygen atoms in total. The van der Waals surface area contributed by atoms with E-state index < -0.39 is 5.82 Å². The Bertz CT molecular complexity index is 1230. The summed E-state index contributed by atoms with van der Waals surface area (Å²) in [6, 6.07) is 13.8. The molecule has 1 aliphatic carbocycles. The molecule has 0 bridgehead atoms. The summed E-state index contributed by atoms with van der Waals surface area (Å²) in [5.74, 6) is -0.0946. The van der Waals surface area contributed by atoms with Crippen LogP contribution in [-0.2, 0) is 16.1 Å². The molecule has 0 saturated heterocycles. The maximum Gasteiger partial charge on any atom is 0.248 e. The van der Waals surface area contributed by atoms with Gasteiger partial charge in [0, 0.05) is 25.0 Å². The zero-order valence-corrected chi connectivity index (χ0v) is 22.2. The summed E-state index contributed by atoms with van der Waals surface area (Å²) in [5.41, 5.74) is 1.21. The standard InChI is InChI=1S/C29H35FN4O4/c1-29(2)14-11-24(12-15-29)38-26-10-9-22(17-25(26)30)33(3)28(36)20-34-19-21(18-31-34)32-27(35)13-16-37-23-7-5-4-6-8-23/h4-10,17-19,24H,11-16,20H2,1-3H3,(H,32,35). The van der Waals surface area contributed by atoms with Gasteiger partial charge in [0.05, 0.1) is 31.0 Å². The summed E-state index contributed by atoms with van der Waals surface area (Å²) >= 11 is 0. The second-order valence-corrected chi connectivity index (χ2v) is 10.4. The maximum atomic E-state index is 14.8. The van der Waals surface area contributed by atoms with E-state index in [4.69, 9.17) is 9.47 Å². The third-order valence-corrected chi connectivity index (χ3v) is 6.81. The van der Waals surface area contributed by atoms with Crippen molar-refractivity contribution in [3.63, 3.8) is 0 Å². The highest BCUT2D eigenvalue weighted by Gasteiger charge is 2.28. The van der Waals surface area contributed by atoms with Gasteiger partial charge >= 0.3 is 0 Å². The molecule has 1 heterocycles. The van der Waals surface area contributed by atoms with E-state index in [1.165, 1.54) is 21.8 Å². The molecular formula is C29H35FN4O4. The van der Waals surface area contributed by atoms with Crippen molar-refractivity contribution in [2.45, 2.75) is 58.6 Å². The van der Waals surface area contributed by atoms with Crippen LogP contribution >= 0.6 is 0 Å². The summed E-state index contributed by atoms with van der Waals surface area (Å²) < 4.78 is 27.7. The fourth-order valence-corrected chi connectivity index (χ4v) is 4.37. The van der Waals surface area contributed by atoms with E-state index in [2.05, 4.69) is 24.3 Å². The van der Waals surface area contributed by atoms with E-state index in [9.17, 15) is 14.0 Å². The van der Waals surface area contributed by atoms with Gasteiger partial charge in [0.1, 0.15) is 12.3 Å². The van der Waals surface area contributed by atoms with Crippen LogP contribution < -0.4 is 19.7 Å². The Labute approximate surface area is 222 Å². The molecule has 0 radical (unpaired) electrons. The van der Waals surface area contributed by atoms with Crippen LogP contribution in [0.4, 0.5) is 15.8 Å². The van der Waals surface area contributed by atoms with E-state index in [1.54, 1.807) is 25.4 Å². The van der Waals surface area contributed by atoms with Crippen LogP contribution in [0.1, 0.15) is 46.0 Å². The number of likely N-dealkylation sites (N-methyl/N-ethyl adjacent to an activating group) is 1. The fraction of sp³-hybridized carbons (Fsp3) is 0.414. The molecule has 2 aromatic carbocycles. The zero-order chi connectivity index (χ0) is 27.1. The number of hydrogen-bond acceptors (Lipinski definition) is 5. The largest absolute Gasteiger partial charge is 0.493 e. The van der Waals surface area contributed by atoms with Crippen molar-refractivity contribution in [1.82, 2.24) is 9.78 Å². The lowest BCUT2D eigenvalue weighted by Gasteiger charge is -2.34. The second kappa shape index (κ2) is 12.1. The lowest BCUT2D eigenvalue weighted by atomic mass is 9.76. The Morgan fingerprint density at radius 2 is 1.89 bits per heavy atom. The number of carbonyl (C=O) groups is 2. The van der Waals surface area contributed by atoms with Gasteiger partial charge < -0.3 is 19.7 Å². The van der Waals surface area contributed by atoms with Crippen molar-refractivity contribution in [3.05, 3.63) is 66.7 Å². The molecule has 2 amide bonds. The highest BCUT2D eigenvalue weighted by Crippen LogP contribution is 2.37. The lowest BCUT2D eigenvalue weighted by molar-refractivity contribution is -0.119. The number of aromatic nitrogens is 2. The van der Waals surface area contributed by atoms with Gasteiger partial charge in [-0.15, -0.1) is 0 Å². The van der Waals surface area contributed by atoms with Gasteiger partial charge in [-0.05, 0) is 55.4 Å². The van der Waals surface area contributed by atoms with Crippen LogP contribution in [0.5, 0.6) is 11.5 Å². The summed E-state index contributed by atoms with van der Waals surface area (Å²) in [7, 11) is 1.58. The first-order valence-corrected chi connectivity index (χ1v) is 12.9. The van der Waals surface area contributed by atoms with Crippen molar-refractivity contribution < 1.29 is 23.5 Å². The first-order chi connectivity index (χ1) is 18.2. The molecule has 38 heavy (non-hydrogen) atoms. The first-order valence-electron chi connectivity index (χ1n) is 12.9. The summed E-state index contributed by atoms with van der Waals surface area (Å²) in [6.45, 7) is 4.66. The van der Waals surface area contributed by atoms with E-state index >= 15 is 0 Å². The number of amides is 2. The number of ether oxygens (including phenoxy) is 2. The van der Waals surface area contributed by atoms with Crippen LogP contribution in [-0.4, -0.2) is 41.4 Å². The van der Waals surface area contributed by atoms with Gasteiger partial charge in [-0.25, -0.2) is 4.39 Å². The number of benzene rings is 2. The van der Waals surface area contributed by atoms with Crippen LogP contribution in [0.15, 0.2) is 60.9 Å². The minimum absolute atomic E-state index is 0.00799. The Kier molecular flexibility index (Phi) is 8.66. The molecule has 1 fully saturated rings. The molecule has 1 aromatic heterocycles. The normalized spacial score (nSPS) is 15.1. The van der Waals surface area contributed by atoms with Crippen molar-refractivity contribution in [2.24, 2.45) is 5.41 Å². The zero-order valence-electron chi connectivity index (χ0n) is 22.2. The SMILES string of the molecule is CN(C(=O)Cn1cc(NC(=O)CCOc2ccccc2)cn1)c1ccc(OC2CCC(C)(C)CC2)c(F)c1. The number of rotatable bonds is 10. The molecule has 9 heteroatoms. The van der Waals surface area contributed by atoms with Crippen molar-refractivity contribution in [2.75, 3.05) is 23.9 Å². The quantitative estimate of drug-likeness (QED) is 0.383. The molecule has 0 atom stereocenters. The van der Waals surface area contributed by atoms with E-state index in [0.29, 0.717) is 22.5 Å². The van der Waals surface area contributed by atoms with Crippen molar-refractivity contribution in [1.29, 1.82) is 0 Å². The number of nitrogens with zero attached hydrogens (tertiary/aromatic N) is 3. The number of hydrogen-bond donors (Lipinski definition) is 1. The van der Waals surface area contributed by atoms with Crippen LogP contribution in [0, 0.1) is 11.2 Å². The Morgan fingerprint density at radius 1 is 1.16 bits per heavy atom. The number of para-hydroxylation sites is 1. The monoisotopic (exact) mass is 522 g/mol. The second-order valence-electron chi connectivity index (χ2n) is 10.4. The molecule has 202 valence electrons. The Balaban J connectivity index is 1.25. The van der Waals surface area contributed by atoms with E-state index in [1.807, 2.05) is 30.3 Å². The molecular weight excluding hydrogens is 487 g/mol. The van der Waals surface area contributed by atoms with Gasteiger partial charge in [-0.1, -0.05) is 32.0 Å². The molecule has 1 saturated carbocycles. The highest BCUT2D eigenvalue weighted by molar-refractivity contribution is 5.93. The van der Waals surface area contributed by atoms with Crippen LogP contribution in [0.2, 0.25) is 0 Å². The minimum Gasteiger partial charge on any atom is -0.493 e. The summed E-state index contributed by atoms with van der Waals surface area (Å²) in [6.07, 6.45) is 7.14. The fourth-order valence-electron chi connectivity index (χ4n) is 4.37. The molecule has 0 spiro atoms. The molecule has 3 aromatic rings. The highest BCUT2D eigenvalue weighted by atomic mass is 19.1. The molecule has 1 aliphatic rings. The van der Waals surface area contributed by atoms with Crippen LogP contribution in [0.25, 0.3) is 0 Å². The summed E-state index contributed by atoms with van der Waals surface area (Å²) in [4.78, 5) is 26.4. The Morgan fingerprint density at radius 3 is 2.61 bits per heavy atom. The van der Waals surface area contributed by atoms with Crippen molar-refractivity contribution in [3.8, 4) is 11.5 Å². The molecule has 0 aliphatic heterocycles. The number of nitrogens with one attached hydrogen (secondary N) is 1. The van der Waals surface area contributed by atoms with Gasteiger partial charge in [0.15, 0.2) is 11.6 Å². The number of anilines is 2. The average molecular weight is 523 g/mol. The third-order valence-electron chi connectivity index (χ3n) is 6.81. The van der Waals surface area contributed by atoms with Gasteiger partial charge in [0.25, 0.3) is 0 Å². The van der Waals surface area contributed by atoms with Gasteiger partial charge in [-0.2, -0.15) is 5.10 Å². The predicted molar refractivity (Wildman–Crippen MR) is 144 cm³/mol.